The molecule has 1 amide bonds. The van der Waals surface area contributed by atoms with E-state index in [-0.39, 0.29) is 24.3 Å². The maximum absolute atomic E-state index is 13.8. The van der Waals surface area contributed by atoms with Crippen molar-refractivity contribution in [2.24, 2.45) is 0 Å². The van der Waals surface area contributed by atoms with Gasteiger partial charge in [0.2, 0.25) is 0 Å². The highest BCUT2D eigenvalue weighted by atomic mass is 79.9. The molecular formula is C19H21BrFN3O2. The van der Waals surface area contributed by atoms with E-state index in [2.05, 4.69) is 31.1 Å². The van der Waals surface area contributed by atoms with Crippen LogP contribution in [-0.4, -0.2) is 36.2 Å². The van der Waals surface area contributed by atoms with Gasteiger partial charge in [-0.1, -0.05) is 22.0 Å². The smallest absolute Gasteiger partial charge is 0.254 e. The number of benzene rings is 1. The number of pyridine rings is 1. The number of ether oxygens (including phenoxy) is 1. The van der Waals surface area contributed by atoms with Gasteiger partial charge >= 0.3 is 0 Å². The zero-order valence-electron chi connectivity index (χ0n) is 14.7. The summed E-state index contributed by atoms with van der Waals surface area (Å²) in [4.78, 5) is 18.8. The molecule has 138 valence electrons. The van der Waals surface area contributed by atoms with E-state index in [1.54, 1.807) is 12.3 Å². The Bertz CT molecular complexity index is 775. The van der Waals surface area contributed by atoms with Crippen molar-refractivity contribution < 1.29 is 13.9 Å². The lowest BCUT2D eigenvalue weighted by molar-refractivity contribution is -0.00546. The molecule has 1 aromatic heterocycles. The topological polar surface area (TPSA) is 54.5 Å². The largest absolute Gasteiger partial charge is 0.372 e. The van der Waals surface area contributed by atoms with Crippen molar-refractivity contribution in [3.63, 3.8) is 0 Å². The Kier molecular flexibility index (Phi) is 5.88. The van der Waals surface area contributed by atoms with Gasteiger partial charge in [-0.3, -0.25) is 4.79 Å². The minimum atomic E-state index is -0.547. The van der Waals surface area contributed by atoms with Gasteiger partial charge in [0.25, 0.3) is 5.91 Å². The molecule has 7 heteroatoms. The SMILES string of the molecule is CC1CN(c2ccc(CNC(=O)c3cc(Br)ccc3F)cn2)CC(C)O1. The summed E-state index contributed by atoms with van der Waals surface area (Å²) < 4.78 is 20.2. The molecule has 2 heterocycles. The highest BCUT2D eigenvalue weighted by Crippen LogP contribution is 2.19. The number of aromatic nitrogens is 1. The van der Waals surface area contributed by atoms with Crippen molar-refractivity contribution in [3.8, 4) is 0 Å². The molecule has 0 saturated carbocycles. The van der Waals surface area contributed by atoms with Gasteiger partial charge in [-0.05, 0) is 43.7 Å². The van der Waals surface area contributed by atoms with Crippen LogP contribution < -0.4 is 10.2 Å². The zero-order valence-corrected chi connectivity index (χ0v) is 16.3. The molecule has 1 aliphatic heterocycles. The number of carbonyl (C=O) groups excluding carboxylic acids is 1. The van der Waals surface area contributed by atoms with Crippen LogP contribution in [0.5, 0.6) is 0 Å². The van der Waals surface area contributed by atoms with Crippen molar-refractivity contribution >= 4 is 27.7 Å². The Morgan fingerprint density at radius 3 is 2.69 bits per heavy atom. The van der Waals surface area contributed by atoms with Crippen molar-refractivity contribution in [1.82, 2.24) is 10.3 Å². The number of carbonyl (C=O) groups is 1. The van der Waals surface area contributed by atoms with Gasteiger partial charge < -0.3 is 15.0 Å². The molecule has 0 spiro atoms. The maximum atomic E-state index is 13.8. The molecule has 3 rings (SSSR count). The van der Waals surface area contributed by atoms with Crippen LogP contribution in [0.3, 0.4) is 0 Å². The van der Waals surface area contributed by atoms with Crippen molar-refractivity contribution in [2.75, 3.05) is 18.0 Å². The second kappa shape index (κ2) is 8.14. The summed E-state index contributed by atoms with van der Waals surface area (Å²) in [6.45, 7) is 5.99. The normalized spacial score (nSPS) is 20.1. The number of hydrogen-bond acceptors (Lipinski definition) is 4. The minimum absolute atomic E-state index is 0.0141. The molecule has 1 saturated heterocycles. The number of nitrogens with zero attached hydrogens (tertiary/aromatic N) is 2. The first-order valence-electron chi connectivity index (χ1n) is 8.51. The predicted molar refractivity (Wildman–Crippen MR) is 102 cm³/mol. The molecule has 0 bridgehead atoms. The summed E-state index contributed by atoms with van der Waals surface area (Å²) in [6, 6.07) is 8.14. The summed E-state index contributed by atoms with van der Waals surface area (Å²) >= 11 is 3.24. The quantitative estimate of drug-likeness (QED) is 0.820. The lowest BCUT2D eigenvalue weighted by Crippen LogP contribution is -2.45. The van der Waals surface area contributed by atoms with Crippen molar-refractivity contribution in [1.29, 1.82) is 0 Å². The van der Waals surface area contributed by atoms with E-state index < -0.39 is 11.7 Å². The molecule has 0 aliphatic carbocycles. The third-order valence-corrected chi connectivity index (χ3v) is 4.67. The number of amides is 1. The highest BCUT2D eigenvalue weighted by molar-refractivity contribution is 9.10. The number of morpholine rings is 1. The lowest BCUT2D eigenvalue weighted by Gasteiger charge is -2.36. The molecule has 1 aliphatic rings. The van der Waals surface area contributed by atoms with Gasteiger partial charge in [0.1, 0.15) is 11.6 Å². The Labute approximate surface area is 160 Å². The highest BCUT2D eigenvalue weighted by Gasteiger charge is 2.23. The Morgan fingerprint density at radius 1 is 1.31 bits per heavy atom. The van der Waals surface area contributed by atoms with E-state index in [1.165, 1.54) is 12.1 Å². The molecule has 0 radical (unpaired) electrons. The second-order valence-electron chi connectivity index (χ2n) is 6.49. The van der Waals surface area contributed by atoms with Gasteiger partial charge in [-0.25, -0.2) is 9.37 Å². The maximum Gasteiger partial charge on any atom is 0.254 e. The van der Waals surface area contributed by atoms with Crippen LogP contribution in [0.4, 0.5) is 10.2 Å². The van der Waals surface area contributed by atoms with Crippen LogP contribution in [-0.2, 0) is 11.3 Å². The average molecular weight is 422 g/mol. The lowest BCUT2D eigenvalue weighted by atomic mass is 10.2. The first-order valence-corrected chi connectivity index (χ1v) is 9.30. The van der Waals surface area contributed by atoms with Crippen molar-refractivity contribution in [2.45, 2.75) is 32.6 Å². The van der Waals surface area contributed by atoms with Crippen molar-refractivity contribution in [3.05, 3.63) is 57.9 Å². The first kappa shape index (κ1) is 18.8. The monoisotopic (exact) mass is 421 g/mol. The van der Waals surface area contributed by atoms with Crippen LogP contribution in [0.25, 0.3) is 0 Å². The van der Waals surface area contributed by atoms with Gasteiger partial charge in [0, 0.05) is 30.3 Å². The van der Waals surface area contributed by atoms with Crippen LogP contribution in [0, 0.1) is 5.82 Å². The van der Waals surface area contributed by atoms with Gasteiger partial charge in [-0.2, -0.15) is 0 Å². The van der Waals surface area contributed by atoms with Gasteiger partial charge in [0.05, 0.1) is 17.8 Å². The van der Waals surface area contributed by atoms with Crippen LogP contribution in [0.15, 0.2) is 41.0 Å². The molecule has 26 heavy (non-hydrogen) atoms. The molecule has 2 unspecified atom stereocenters. The standard InChI is InChI=1S/C19H21BrFN3O2/c1-12-10-24(11-13(2)26-12)18-6-3-14(8-22-18)9-23-19(25)16-7-15(20)4-5-17(16)21/h3-8,12-13H,9-11H2,1-2H3,(H,23,25). The fourth-order valence-electron chi connectivity index (χ4n) is 3.02. The molecule has 5 nitrogen and oxygen atoms in total. The van der Waals surface area contributed by atoms with Gasteiger partial charge in [0.15, 0.2) is 0 Å². The summed E-state index contributed by atoms with van der Waals surface area (Å²) in [7, 11) is 0. The third-order valence-electron chi connectivity index (χ3n) is 4.18. The number of anilines is 1. The fourth-order valence-corrected chi connectivity index (χ4v) is 3.38. The van der Waals surface area contributed by atoms with E-state index in [0.29, 0.717) is 4.47 Å². The number of hydrogen-bond donors (Lipinski definition) is 1. The zero-order chi connectivity index (χ0) is 18.7. The number of halogens is 2. The van der Waals surface area contributed by atoms with Gasteiger partial charge in [-0.15, -0.1) is 0 Å². The molecule has 2 atom stereocenters. The molecule has 1 fully saturated rings. The molecule has 1 aromatic carbocycles. The average Bonchev–Trinajstić information content (AvgIpc) is 2.61. The van der Waals surface area contributed by atoms with E-state index in [4.69, 9.17) is 4.74 Å². The minimum Gasteiger partial charge on any atom is -0.372 e. The number of nitrogens with one attached hydrogen (secondary N) is 1. The van der Waals surface area contributed by atoms with E-state index >= 15 is 0 Å². The first-order chi connectivity index (χ1) is 12.4. The Hall–Kier alpha value is -1.99. The summed E-state index contributed by atoms with van der Waals surface area (Å²) in [5.74, 6) is -0.112. The second-order valence-corrected chi connectivity index (χ2v) is 7.41. The Morgan fingerprint density at radius 2 is 2.04 bits per heavy atom. The van der Waals surface area contributed by atoms with Crippen LogP contribution in [0.1, 0.15) is 29.8 Å². The third kappa shape index (κ3) is 4.59. The summed E-state index contributed by atoms with van der Waals surface area (Å²) in [5, 5.41) is 2.72. The molecular weight excluding hydrogens is 401 g/mol. The van der Waals surface area contributed by atoms with Crippen LogP contribution in [0.2, 0.25) is 0 Å². The predicted octanol–water partition coefficient (Wildman–Crippen LogP) is 3.53. The molecule has 2 aromatic rings. The van der Waals surface area contributed by atoms with E-state index in [1.807, 2.05) is 26.0 Å². The van der Waals surface area contributed by atoms with E-state index in [0.717, 1.165) is 24.5 Å². The Balaban J connectivity index is 1.61. The number of rotatable bonds is 4. The summed E-state index contributed by atoms with van der Waals surface area (Å²) in [5.41, 5.74) is 0.868. The molecule has 1 N–H and O–H groups in total. The van der Waals surface area contributed by atoms with E-state index in [9.17, 15) is 9.18 Å². The summed E-state index contributed by atoms with van der Waals surface area (Å²) in [6.07, 6.45) is 2.07. The van der Waals surface area contributed by atoms with Crippen LogP contribution >= 0.6 is 15.9 Å². The fraction of sp³-hybridized carbons (Fsp3) is 0.368.